The minimum Gasteiger partial charge on any atom is -0.315 e. The van der Waals surface area contributed by atoms with Gasteiger partial charge in [-0.1, -0.05) is 6.42 Å². The molecule has 1 unspecified atom stereocenters. The second kappa shape index (κ2) is 4.43. The van der Waals surface area contributed by atoms with Crippen LogP contribution in [0.3, 0.4) is 0 Å². The van der Waals surface area contributed by atoms with Crippen LogP contribution in [-0.4, -0.2) is 37.1 Å². The molecule has 13 heavy (non-hydrogen) atoms. The monoisotopic (exact) mass is 182 g/mol. The fourth-order valence-electron chi connectivity index (χ4n) is 2.34. The van der Waals surface area contributed by atoms with Crippen molar-refractivity contribution in [3.05, 3.63) is 0 Å². The van der Waals surface area contributed by atoms with E-state index in [0.29, 0.717) is 0 Å². The second-order valence-electron chi connectivity index (χ2n) is 4.68. The minimum atomic E-state index is 0.801. The molecular weight excluding hydrogens is 160 g/mol. The summed E-state index contributed by atoms with van der Waals surface area (Å²) in [5.41, 5.74) is 0. The summed E-state index contributed by atoms with van der Waals surface area (Å²) in [5, 5.41) is 3.48. The maximum Gasteiger partial charge on any atom is 0.0110 e. The lowest BCUT2D eigenvalue weighted by molar-refractivity contribution is 0.146. The van der Waals surface area contributed by atoms with Gasteiger partial charge in [0.05, 0.1) is 0 Å². The van der Waals surface area contributed by atoms with Crippen LogP contribution >= 0.6 is 0 Å². The SMILES string of the molecule is CC1CCNCCN1CC1CCC1. The number of hydrogen-bond donors (Lipinski definition) is 1. The Hall–Kier alpha value is -0.0800. The molecule has 0 radical (unpaired) electrons. The van der Waals surface area contributed by atoms with E-state index >= 15 is 0 Å². The number of rotatable bonds is 2. The maximum absolute atomic E-state index is 3.48. The van der Waals surface area contributed by atoms with E-state index < -0.39 is 0 Å². The molecule has 2 fully saturated rings. The Bertz CT molecular complexity index is 154. The van der Waals surface area contributed by atoms with Gasteiger partial charge in [-0.05, 0) is 38.6 Å². The molecule has 1 N–H and O–H groups in total. The van der Waals surface area contributed by atoms with Crippen LogP contribution in [0, 0.1) is 5.92 Å². The third-order valence-electron chi connectivity index (χ3n) is 3.66. The van der Waals surface area contributed by atoms with Crippen molar-refractivity contribution < 1.29 is 0 Å². The van der Waals surface area contributed by atoms with Crippen LogP contribution in [-0.2, 0) is 0 Å². The van der Waals surface area contributed by atoms with E-state index in [-0.39, 0.29) is 0 Å². The van der Waals surface area contributed by atoms with Crippen LogP contribution in [0.15, 0.2) is 0 Å². The van der Waals surface area contributed by atoms with Gasteiger partial charge in [0, 0.05) is 25.7 Å². The van der Waals surface area contributed by atoms with Crippen molar-refractivity contribution in [3.63, 3.8) is 0 Å². The Morgan fingerprint density at radius 3 is 2.77 bits per heavy atom. The smallest absolute Gasteiger partial charge is 0.0110 e. The average molecular weight is 182 g/mol. The third kappa shape index (κ3) is 2.44. The highest BCUT2D eigenvalue weighted by Crippen LogP contribution is 2.27. The molecule has 0 aromatic heterocycles. The molecule has 2 nitrogen and oxygen atoms in total. The molecule has 2 rings (SSSR count). The van der Waals surface area contributed by atoms with E-state index in [2.05, 4.69) is 17.1 Å². The summed E-state index contributed by atoms with van der Waals surface area (Å²) in [4.78, 5) is 2.68. The molecule has 0 spiro atoms. The van der Waals surface area contributed by atoms with Gasteiger partial charge in [0.25, 0.3) is 0 Å². The van der Waals surface area contributed by atoms with Crippen LogP contribution < -0.4 is 5.32 Å². The molecule has 0 aromatic carbocycles. The van der Waals surface area contributed by atoms with E-state index in [0.717, 1.165) is 12.0 Å². The van der Waals surface area contributed by atoms with Crippen LogP contribution in [0.5, 0.6) is 0 Å². The van der Waals surface area contributed by atoms with Crippen molar-refractivity contribution in [1.82, 2.24) is 10.2 Å². The maximum atomic E-state index is 3.48. The lowest BCUT2D eigenvalue weighted by Gasteiger charge is -2.34. The van der Waals surface area contributed by atoms with Crippen molar-refractivity contribution in [2.45, 2.75) is 38.6 Å². The van der Waals surface area contributed by atoms with Crippen molar-refractivity contribution >= 4 is 0 Å². The molecule has 1 atom stereocenters. The van der Waals surface area contributed by atoms with Gasteiger partial charge in [0.15, 0.2) is 0 Å². The standard InChI is InChI=1S/C11H22N2/c1-10-5-6-12-7-8-13(10)9-11-3-2-4-11/h10-12H,2-9H2,1H3. The second-order valence-corrected chi connectivity index (χ2v) is 4.68. The summed E-state index contributed by atoms with van der Waals surface area (Å²) in [6.07, 6.45) is 5.77. The van der Waals surface area contributed by atoms with Gasteiger partial charge in [-0.2, -0.15) is 0 Å². The Morgan fingerprint density at radius 2 is 2.08 bits per heavy atom. The van der Waals surface area contributed by atoms with E-state index in [1.54, 1.807) is 0 Å². The molecule has 2 aliphatic rings. The summed E-state index contributed by atoms with van der Waals surface area (Å²) in [7, 11) is 0. The molecule has 1 aliphatic carbocycles. The zero-order valence-electron chi connectivity index (χ0n) is 8.76. The Balaban J connectivity index is 1.79. The number of hydrogen-bond acceptors (Lipinski definition) is 2. The predicted molar refractivity (Wildman–Crippen MR) is 55.9 cm³/mol. The van der Waals surface area contributed by atoms with Crippen molar-refractivity contribution in [3.8, 4) is 0 Å². The van der Waals surface area contributed by atoms with Crippen molar-refractivity contribution in [2.24, 2.45) is 5.92 Å². The van der Waals surface area contributed by atoms with Crippen LogP contribution in [0.1, 0.15) is 32.6 Å². The first-order valence-electron chi connectivity index (χ1n) is 5.81. The molecule has 1 heterocycles. The fourth-order valence-corrected chi connectivity index (χ4v) is 2.34. The molecule has 0 bridgehead atoms. The van der Waals surface area contributed by atoms with E-state index in [1.165, 1.54) is 51.9 Å². The summed E-state index contributed by atoms with van der Waals surface area (Å²) in [6.45, 7) is 7.41. The van der Waals surface area contributed by atoms with Gasteiger partial charge in [-0.3, -0.25) is 4.90 Å². The van der Waals surface area contributed by atoms with Crippen LogP contribution in [0.25, 0.3) is 0 Å². The first kappa shape index (κ1) is 9.47. The number of nitrogens with one attached hydrogen (secondary N) is 1. The highest BCUT2D eigenvalue weighted by molar-refractivity contribution is 4.79. The highest BCUT2D eigenvalue weighted by atomic mass is 15.2. The van der Waals surface area contributed by atoms with Gasteiger partial charge in [-0.25, -0.2) is 0 Å². The normalized spacial score (nSPS) is 32.5. The van der Waals surface area contributed by atoms with E-state index in [4.69, 9.17) is 0 Å². The first-order valence-corrected chi connectivity index (χ1v) is 5.81. The lowest BCUT2D eigenvalue weighted by Crippen LogP contribution is -2.39. The summed E-state index contributed by atoms with van der Waals surface area (Å²) < 4.78 is 0. The Morgan fingerprint density at radius 1 is 1.23 bits per heavy atom. The molecule has 2 heteroatoms. The van der Waals surface area contributed by atoms with Gasteiger partial charge in [0.2, 0.25) is 0 Å². The zero-order chi connectivity index (χ0) is 9.10. The Labute approximate surface area is 81.7 Å². The molecular formula is C11H22N2. The zero-order valence-corrected chi connectivity index (χ0v) is 8.76. The largest absolute Gasteiger partial charge is 0.315 e. The summed E-state index contributed by atoms with van der Waals surface area (Å²) >= 11 is 0. The fraction of sp³-hybridized carbons (Fsp3) is 1.00. The lowest BCUT2D eigenvalue weighted by atomic mass is 9.85. The predicted octanol–water partition coefficient (Wildman–Crippen LogP) is 1.47. The van der Waals surface area contributed by atoms with Crippen molar-refractivity contribution in [1.29, 1.82) is 0 Å². The molecule has 0 amide bonds. The van der Waals surface area contributed by atoms with E-state index in [1.807, 2.05) is 0 Å². The minimum absolute atomic E-state index is 0.801. The van der Waals surface area contributed by atoms with Crippen LogP contribution in [0.4, 0.5) is 0 Å². The van der Waals surface area contributed by atoms with Gasteiger partial charge in [0.1, 0.15) is 0 Å². The molecule has 76 valence electrons. The topological polar surface area (TPSA) is 15.3 Å². The summed E-state index contributed by atoms with van der Waals surface area (Å²) in [5.74, 6) is 1.03. The molecule has 1 aliphatic heterocycles. The summed E-state index contributed by atoms with van der Waals surface area (Å²) in [6, 6.07) is 0.801. The molecule has 1 saturated carbocycles. The highest BCUT2D eigenvalue weighted by Gasteiger charge is 2.23. The van der Waals surface area contributed by atoms with Gasteiger partial charge >= 0.3 is 0 Å². The van der Waals surface area contributed by atoms with Crippen molar-refractivity contribution in [2.75, 3.05) is 26.2 Å². The van der Waals surface area contributed by atoms with Gasteiger partial charge < -0.3 is 5.32 Å². The van der Waals surface area contributed by atoms with E-state index in [9.17, 15) is 0 Å². The Kier molecular flexibility index (Phi) is 3.23. The van der Waals surface area contributed by atoms with Crippen LogP contribution in [0.2, 0.25) is 0 Å². The number of nitrogens with zero attached hydrogens (tertiary/aromatic N) is 1. The molecule has 1 saturated heterocycles. The van der Waals surface area contributed by atoms with Gasteiger partial charge in [-0.15, -0.1) is 0 Å². The quantitative estimate of drug-likeness (QED) is 0.695. The first-order chi connectivity index (χ1) is 6.36. The third-order valence-corrected chi connectivity index (χ3v) is 3.66. The molecule has 0 aromatic rings. The average Bonchev–Trinajstić information content (AvgIpc) is 2.23.